The van der Waals surface area contributed by atoms with E-state index < -0.39 is 23.4 Å². The third-order valence-electron chi connectivity index (χ3n) is 5.21. The molecule has 0 saturated carbocycles. The largest absolute Gasteiger partial charge is 0.319 e. The van der Waals surface area contributed by atoms with Crippen LogP contribution in [0.15, 0.2) is 79.0 Å². The summed E-state index contributed by atoms with van der Waals surface area (Å²) in [7, 11) is 0. The van der Waals surface area contributed by atoms with E-state index in [2.05, 4.69) is 20.5 Å². The van der Waals surface area contributed by atoms with Gasteiger partial charge in [0.1, 0.15) is 5.82 Å². The lowest BCUT2D eigenvalue weighted by Crippen LogP contribution is -2.13. The molecule has 0 bridgehead atoms. The molecule has 8 heteroatoms. The molecule has 2 N–H and O–H groups in total. The first-order chi connectivity index (χ1) is 16.0. The molecule has 5 aromatic rings. The van der Waals surface area contributed by atoms with E-state index in [9.17, 15) is 18.0 Å². The van der Waals surface area contributed by atoms with Crippen LogP contribution >= 0.6 is 0 Å². The molecule has 5 rings (SSSR count). The molecular formula is C25H15F3N4O. The zero-order chi connectivity index (χ0) is 22.9. The number of benzene rings is 3. The van der Waals surface area contributed by atoms with Crippen LogP contribution in [0.2, 0.25) is 0 Å². The van der Waals surface area contributed by atoms with Crippen LogP contribution in [0, 0.1) is 17.5 Å². The molecule has 0 aliphatic carbocycles. The number of aromatic nitrogens is 3. The van der Waals surface area contributed by atoms with E-state index in [0.717, 1.165) is 6.07 Å². The molecule has 3 aromatic carbocycles. The molecular weight excluding hydrogens is 429 g/mol. The topological polar surface area (TPSA) is 70.7 Å². The minimum absolute atomic E-state index is 0.0809. The minimum Gasteiger partial charge on any atom is -0.319 e. The van der Waals surface area contributed by atoms with Crippen molar-refractivity contribution in [3.63, 3.8) is 0 Å². The number of hydrogen-bond acceptors (Lipinski definition) is 3. The average Bonchev–Trinajstić information content (AvgIpc) is 3.25. The second kappa shape index (κ2) is 8.23. The number of pyridine rings is 1. The van der Waals surface area contributed by atoms with Crippen LogP contribution in [-0.4, -0.2) is 21.1 Å². The van der Waals surface area contributed by atoms with Gasteiger partial charge in [0, 0.05) is 16.5 Å². The predicted octanol–water partition coefficient (Wildman–Crippen LogP) is 5.96. The van der Waals surface area contributed by atoms with Crippen molar-refractivity contribution in [1.82, 2.24) is 15.2 Å². The molecule has 5 nitrogen and oxygen atoms in total. The van der Waals surface area contributed by atoms with Crippen LogP contribution in [0.5, 0.6) is 0 Å². The monoisotopic (exact) mass is 444 g/mol. The second-order valence-corrected chi connectivity index (χ2v) is 7.30. The molecule has 0 atom stereocenters. The number of H-pyrrole nitrogens is 1. The van der Waals surface area contributed by atoms with Crippen molar-refractivity contribution in [2.75, 3.05) is 5.32 Å². The highest BCUT2D eigenvalue weighted by Gasteiger charge is 2.17. The number of halogens is 3. The first-order valence-electron chi connectivity index (χ1n) is 9.96. The molecule has 0 fully saturated rings. The SMILES string of the molecule is O=C(Nc1ccc(-c2ccccc2F)nc1)c1n[nH]c2ccc(-c3cccc(F)c3F)cc12. The lowest BCUT2D eigenvalue weighted by molar-refractivity contribution is 0.102. The van der Waals surface area contributed by atoms with Gasteiger partial charge in [-0.25, -0.2) is 13.2 Å². The lowest BCUT2D eigenvalue weighted by Gasteiger charge is -2.07. The maximum absolute atomic E-state index is 14.2. The summed E-state index contributed by atoms with van der Waals surface area (Å²) in [6, 6.07) is 18.2. The van der Waals surface area contributed by atoms with Crippen molar-refractivity contribution in [3.05, 3.63) is 102 Å². The van der Waals surface area contributed by atoms with Gasteiger partial charge in [0.25, 0.3) is 5.91 Å². The molecule has 0 radical (unpaired) electrons. The van der Waals surface area contributed by atoms with Gasteiger partial charge in [-0.2, -0.15) is 5.10 Å². The van der Waals surface area contributed by atoms with Crippen LogP contribution in [0.1, 0.15) is 10.5 Å². The molecule has 0 unspecified atom stereocenters. The highest BCUT2D eigenvalue weighted by Crippen LogP contribution is 2.29. The molecule has 0 spiro atoms. The van der Waals surface area contributed by atoms with Gasteiger partial charge in [0.2, 0.25) is 0 Å². The fourth-order valence-corrected chi connectivity index (χ4v) is 3.57. The van der Waals surface area contributed by atoms with E-state index in [4.69, 9.17) is 0 Å². The Hall–Kier alpha value is -4.46. The lowest BCUT2D eigenvalue weighted by atomic mass is 10.0. The van der Waals surface area contributed by atoms with Crippen molar-refractivity contribution < 1.29 is 18.0 Å². The second-order valence-electron chi connectivity index (χ2n) is 7.30. The Morgan fingerprint density at radius 1 is 0.848 bits per heavy atom. The van der Waals surface area contributed by atoms with E-state index in [1.807, 2.05) is 0 Å². The van der Waals surface area contributed by atoms with E-state index in [-0.39, 0.29) is 11.3 Å². The highest BCUT2D eigenvalue weighted by atomic mass is 19.2. The van der Waals surface area contributed by atoms with E-state index >= 15 is 0 Å². The van der Waals surface area contributed by atoms with Crippen LogP contribution < -0.4 is 5.32 Å². The summed E-state index contributed by atoms with van der Waals surface area (Å²) in [6.45, 7) is 0. The van der Waals surface area contributed by atoms with Gasteiger partial charge in [-0.15, -0.1) is 0 Å². The van der Waals surface area contributed by atoms with Crippen LogP contribution in [0.3, 0.4) is 0 Å². The van der Waals surface area contributed by atoms with Crippen molar-refractivity contribution in [2.45, 2.75) is 0 Å². The molecule has 0 saturated heterocycles. The number of aromatic amines is 1. The normalized spacial score (nSPS) is 11.0. The number of nitrogens with zero attached hydrogens (tertiary/aromatic N) is 2. The average molecular weight is 444 g/mol. The fraction of sp³-hybridized carbons (Fsp3) is 0. The molecule has 0 aliphatic rings. The number of carbonyl (C=O) groups is 1. The zero-order valence-corrected chi connectivity index (χ0v) is 16.9. The molecule has 162 valence electrons. The first kappa shape index (κ1) is 20.4. The van der Waals surface area contributed by atoms with Crippen LogP contribution in [0.4, 0.5) is 18.9 Å². The highest BCUT2D eigenvalue weighted by molar-refractivity contribution is 6.11. The van der Waals surface area contributed by atoms with Crippen LogP contribution in [0.25, 0.3) is 33.3 Å². The van der Waals surface area contributed by atoms with E-state index in [0.29, 0.717) is 33.4 Å². The molecule has 2 heterocycles. The van der Waals surface area contributed by atoms with Gasteiger partial charge in [-0.1, -0.05) is 30.3 Å². The Balaban J connectivity index is 1.43. The molecule has 33 heavy (non-hydrogen) atoms. The van der Waals surface area contributed by atoms with Crippen molar-refractivity contribution in [1.29, 1.82) is 0 Å². The third kappa shape index (κ3) is 3.82. The van der Waals surface area contributed by atoms with Crippen molar-refractivity contribution in [2.24, 2.45) is 0 Å². The maximum Gasteiger partial charge on any atom is 0.276 e. The maximum atomic E-state index is 14.2. The van der Waals surface area contributed by atoms with Gasteiger partial charge in [-0.3, -0.25) is 14.9 Å². The number of anilines is 1. The summed E-state index contributed by atoms with van der Waals surface area (Å²) in [5.74, 6) is -2.83. The van der Waals surface area contributed by atoms with Gasteiger partial charge in [0.15, 0.2) is 17.3 Å². The minimum atomic E-state index is -0.965. The molecule has 0 aliphatic heterocycles. The number of nitrogens with one attached hydrogen (secondary N) is 2. The summed E-state index contributed by atoms with van der Waals surface area (Å²) in [5, 5.41) is 9.97. The standard InChI is InChI=1S/C25H15F3N4O/c26-19-6-2-1-4-17(19)21-11-9-15(13-29-21)30-25(33)24-18-12-14(8-10-22(18)31-32-24)16-5-3-7-20(27)23(16)28/h1-13H,(H,30,33)(H,31,32). The van der Waals surface area contributed by atoms with Crippen LogP contribution in [-0.2, 0) is 0 Å². The number of rotatable bonds is 4. The Bertz CT molecular complexity index is 1500. The Labute approximate surface area is 185 Å². The quantitative estimate of drug-likeness (QED) is 0.359. The summed E-state index contributed by atoms with van der Waals surface area (Å²) in [4.78, 5) is 17.1. The first-order valence-corrected chi connectivity index (χ1v) is 9.96. The van der Waals surface area contributed by atoms with E-state index in [1.54, 1.807) is 48.5 Å². The van der Waals surface area contributed by atoms with Gasteiger partial charge in [0.05, 0.1) is 23.1 Å². The third-order valence-corrected chi connectivity index (χ3v) is 5.21. The van der Waals surface area contributed by atoms with Crippen molar-refractivity contribution in [3.8, 4) is 22.4 Å². The van der Waals surface area contributed by atoms with Gasteiger partial charge < -0.3 is 5.32 Å². The smallest absolute Gasteiger partial charge is 0.276 e. The summed E-state index contributed by atoms with van der Waals surface area (Å²) in [5.41, 5.74) is 2.31. The summed E-state index contributed by atoms with van der Waals surface area (Å²) < 4.78 is 41.8. The predicted molar refractivity (Wildman–Crippen MR) is 119 cm³/mol. The Kier molecular flexibility index (Phi) is 5.10. The van der Waals surface area contributed by atoms with E-state index in [1.165, 1.54) is 24.4 Å². The fourth-order valence-electron chi connectivity index (χ4n) is 3.57. The van der Waals surface area contributed by atoms with Gasteiger partial charge in [-0.05, 0) is 48.0 Å². The Morgan fingerprint density at radius 2 is 1.64 bits per heavy atom. The number of amides is 1. The summed E-state index contributed by atoms with van der Waals surface area (Å²) >= 11 is 0. The zero-order valence-electron chi connectivity index (χ0n) is 16.9. The number of carbonyl (C=O) groups excluding carboxylic acids is 1. The van der Waals surface area contributed by atoms with Crippen molar-refractivity contribution >= 4 is 22.5 Å². The van der Waals surface area contributed by atoms with Gasteiger partial charge >= 0.3 is 0 Å². The molecule has 1 amide bonds. The number of fused-ring (bicyclic) bond motifs is 1. The summed E-state index contributed by atoms with van der Waals surface area (Å²) in [6.07, 6.45) is 1.42. The Morgan fingerprint density at radius 3 is 2.42 bits per heavy atom. The number of hydrogen-bond donors (Lipinski definition) is 2. The molecule has 2 aromatic heterocycles.